The standard InChI is InChI=1S/C17H22BrF3N2O/c18-13-5-6-15(24-17(19,20)21)14(11-13)16(12-3-1-2-4-12)23-9-7-22-8-10-23/h5-6,11-12,16,22H,1-4,7-10H2/t16-/m0/s1. The number of rotatable bonds is 4. The molecule has 2 aliphatic rings. The molecule has 0 aromatic heterocycles. The molecule has 1 saturated carbocycles. The van der Waals surface area contributed by atoms with Crippen LogP contribution >= 0.6 is 15.9 Å². The lowest BCUT2D eigenvalue weighted by Gasteiger charge is -2.39. The van der Waals surface area contributed by atoms with Crippen LogP contribution in [0.25, 0.3) is 0 Å². The molecule has 1 aromatic rings. The summed E-state index contributed by atoms with van der Waals surface area (Å²) in [6.07, 6.45) is -0.251. The Kier molecular flexibility index (Phi) is 5.72. The van der Waals surface area contributed by atoms with Crippen LogP contribution in [0.5, 0.6) is 5.75 Å². The molecule has 0 unspecified atom stereocenters. The normalized spacial score (nSPS) is 21.8. The van der Waals surface area contributed by atoms with Gasteiger partial charge in [-0.3, -0.25) is 4.90 Å². The van der Waals surface area contributed by atoms with Crippen LogP contribution < -0.4 is 10.1 Å². The maximum atomic E-state index is 12.8. The first-order chi connectivity index (χ1) is 11.4. The van der Waals surface area contributed by atoms with Crippen LogP contribution in [0.4, 0.5) is 13.2 Å². The lowest BCUT2D eigenvalue weighted by molar-refractivity contribution is -0.275. The average molecular weight is 407 g/mol. The summed E-state index contributed by atoms with van der Waals surface area (Å²) in [4.78, 5) is 2.32. The number of hydrogen-bond donors (Lipinski definition) is 1. The van der Waals surface area contributed by atoms with E-state index in [1.807, 2.05) is 0 Å². The lowest BCUT2D eigenvalue weighted by Crippen LogP contribution is -2.46. The van der Waals surface area contributed by atoms with E-state index in [1.54, 1.807) is 12.1 Å². The minimum atomic E-state index is -4.67. The first-order valence-corrected chi connectivity index (χ1v) is 9.23. The molecular formula is C17H22BrF3N2O. The fourth-order valence-corrected chi connectivity index (χ4v) is 4.33. The summed E-state index contributed by atoms with van der Waals surface area (Å²) in [6, 6.07) is 4.81. The first-order valence-electron chi connectivity index (χ1n) is 8.44. The van der Waals surface area contributed by atoms with E-state index < -0.39 is 6.36 Å². The van der Waals surface area contributed by atoms with Gasteiger partial charge in [-0.15, -0.1) is 13.2 Å². The highest BCUT2D eigenvalue weighted by molar-refractivity contribution is 9.10. The van der Waals surface area contributed by atoms with Crippen molar-refractivity contribution in [1.82, 2.24) is 10.2 Å². The van der Waals surface area contributed by atoms with Crippen molar-refractivity contribution in [3.8, 4) is 5.75 Å². The van der Waals surface area contributed by atoms with Crippen LogP contribution in [-0.4, -0.2) is 37.4 Å². The highest BCUT2D eigenvalue weighted by Crippen LogP contribution is 2.44. The van der Waals surface area contributed by atoms with Crippen molar-refractivity contribution in [3.63, 3.8) is 0 Å². The summed E-state index contributed by atoms with van der Waals surface area (Å²) in [7, 11) is 0. The number of nitrogens with zero attached hydrogens (tertiary/aromatic N) is 1. The van der Waals surface area contributed by atoms with Crippen LogP contribution in [0.3, 0.4) is 0 Å². The molecule has 0 spiro atoms. The van der Waals surface area contributed by atoms with E-state index in [9.17, 15) is 13.2 Å². The Morgan fingerprint density at radius 2 is 1.83 bits per heavy atom. The van der Waals surface area contributed by atoms with Gasteiger partial charge in [0.05, 0.1) is 0 Å². The fraction of sp³-hybridized carbons (Fsp3) is 0.647. The molecule has 3 nitrogen and oxygen atoms in total. The molecule has 134 valence electrons. The summed E-state index contributed by atoms with van der Waals surface area (Å²) in [5.74, 6) is 0.314. The molecule has 1 atom stereocenters. The third-order valence-corrected chi connectivity index (χ3v) is 5.40. The Labute approximate surface area is 148 Å². The number of ether oxygens (including phenoxy) is 1. The summed E-state index contributed by atoms with van der Waals surface area (Å²) in [5.41, 5.74) is 0.649. The van der Waals surface area contributed by atoms with Gasteiger partial charge in [0.25, 0.3) is 0 Å². The van der Waals surface area contributed by atoms with Gasteiger partial charge in [0.15, 0.2) is 0 Å². The van der Waals surface area contributed by atoms with E-state index >= 15 is 0 Å². The minimum Gasteiger partial charge on any atom is -0.405 e. The van der Waals surface area contributed by atoms with Crippen LogP contribution in [0.1, 0.15) is 37.3 Å². The molecule has 1 N–H and O–H groups in total. The largest absolute Gasteiger partial charge is 0.573 e. The summed E-state index contributed by atoms with van der Waals surface area (Å²) in [6.45, 7) is 3.43. The molecule has 1 aromatic carbocycles. The van der Waals surface area contributed by atoms with E-state index in [0.29, 0.717) is 11.5 Å². The van der Waals surface area contributed by atoms with Crippen LogP contribution in [0.2, 0.25) is 0 Å². The highest BCUT2D eigenvalue weighted by Gasteiger charge is 2.37. The number of hydrogen-bond acceptors (Lipinski definition) is 3. The Morgan fingerprint density at radius 3 is 2.46 bits per heavy atom. The average Bonchev–Trinajstić information content (AvgIpc) is 3.04. The molecule has 0 amide bonds. The molecule has 2 fully saturated rings. The molecule has 0 bridgehead atoms. The van der Waals surface area contributed by atoms with Crippen molar-refractivity contribution in [3.05, 3.63) is 28.2 Å². The van der Waals surface area contributed by atoms with E-state index in [2.05, 4.69) is 30.9 Å². The van der Waals surface area contributed by atoms with Gasteiger partial charge < -0.3 is 10.1 Å². The monoisotopic (exact) mass is 406 g/mol. The van der Waals surface area contributed by atoms with Gasteiger partial charge in [0.1, 0.15) is 5.75 Å². The van der Waals surface area contributed by atoms with Gasteiger partial charge in [-0.25, -0.2) is 0 Å². The lowest BCUT2D eigenvalue weighted by atomic mass is 9.89. The second-order valence-corrected chi connectivity index (χ2v) is 7.42. The van der Waals surface area contributed by atoms with Gasteiger partial charge in [-0.1, -0.05) is 28.8 Å². The SMILES string of the molecule is FC(F)(F)Oc1ccc(Br)cc1[C@H](C1CCCC1)N1CCNCC1. The molecule has 1 aliphatic heterocycles. The number of nitrogens with one attached hydrogen (secondary N) is 1. The molecular weight excluding hydrogens is 385 g/mol. The quantitative estimate of drug-likeness (QED) is 0.797. The van der Waals surface area contributed by atoms with E-state index in [-0.39, 0.29) is 11.8 Å². The molecule has 1 aliphatic carbocycles. The fourth-order valence-electron chi connectivity index (χ4n) is 3.95. The van der Waals surface area contributed by atoms with Gasteiger partial charge in [0, 0.05) is 42.3 Å². The Morgan fingerprint density at radius 1 is 1.17 bits per heavy atom. The zero-order valence-corrected chi connectivity index (χ0v) is 15.0. The van der Waals surface area contributed by atoms with E-state index in [0.717, 1.165) is 56.3 Å². The van der Waals surface area contributed by atoms with Crippen molar-refractivity contribution in [2.24, 2.45) is 5.92 Å². The molecule has 3 rings (SSSR count). The second-order valence-electron chi connectivity index (χ2n) is 6.51. The maximum absolute atomic E-state index is 12.8. The van der Waals surface area contributed by atoms with Crippen LogP contribution in [-0.2, 0) is 0 Å². The second kappa shape index (κ2) is 7.62. The first kappa shape index (κ1) is 18.0. The van der Waals surface area contributed by atoms with Gasteiger partial charge in [-0.05, 0) is 37.0 Å². The van der Waals surface area contributed by atoms with Gasteiger partial charge >= 0.3 is 6.36 Å². The predicted molar refractivity (Wildman–Crippen MR) is 90.0 cm³/mol. The Bertz CT molecular complexity index is 555. The van der Waals surface area contributed by atoms with Gasteiger partial charge in [0.2, 0.25) is 0 Å². The van der Waals surface area contributed by atoms with E-state index in [1.165, 1.54) is 6.07 Å². The summed E-state index contributed by atoms with van der Waals surface area (Å²) >= 11 is 3.41. The zero-order valence-electron chi connectivity index (χ0n) is 13.4. The predicted octanol–water partition coefficient (Wildman–Crippen LogP) is 4.48. The molecule has 1 heterocycles. The van der Waals surface area contributed by atoms with Crippen molar-refractivity contribution < 1.29 is 17.9 Å². The van der Waals surface area contributed by atoms with E-state index in [4.69, 9.17) is 0 Å². The summed E-state index contributed by atoms with van der Waals surface area (Å²) in [5, 5.41) is 3.31. The smallest absolute Gasteiger partial charge is 0.405 e. The van der Waals surface area contributed by atoms with Crippen LogP contribution in [0, 0.1) is 5.92 Å². The molecule has 7 heteroatoms. The van der Waals surface area contributed by atoms with Crippen molar-refractivity contribution in [2.45, 2.75) is 38.1 Å². The number of benzene rings is 1. The van der Waals surface area contributed by atoms with Crippen LogP contribution in [0.15, 0.2) is 22.7 Å². The van der Waals surface area contributed by atoms with Crippen molar-refractivity contribution in [1.29, 1.82) is 0 Å². The molecule has 24 heavy (non-hydrogen) atoms. The molecule has 0 radical (unpaired) electrons. The van der Waals surface area contributed by atoms with Crippen molar-refractivity contribution >= 4 is 15.9 Å². The third kappa shape index (κ3) is 4.43. The Hall–Kier alpha value is -0.790. The maximum Gasteiger partial charge on any atom is 0.573 e. The topological polar surface area (TPSA) is 24.5 Å². The van der Waals surface area contributed by atoms with Crippen molar-refractivity contribution in [2.75, 3.05) is 26.2 Å². The zero-order chi connectivity index (χ0) is 17.2. The minimum absolute atomic E-state index is 0.0237. The Balaban J connectivity index is 1.97. The third-order valence-electron chi connectivity index (χ3n) is 4.91. The molecule has 1 saturated heterocycles. The summed E-state index contributed by atoms with van der Waals surface area (Å²) < 4.78 is 43.7. The number of halogens is 4. The highest BCUT2D eigenvalue weighted by atomic mass is 79.9. The van der Waals surface area contributed by atoms with Gasteiger partial charge in [-0.2, -0.15) is 0 Å². The number of piperazine rings is 1. The number of alkyl halides is 3.